The van der Waals surface area contributed by atoms with E-state index < -0.39 is 17.3 Å². The Hall–Kier alpha value is -1.64. The summed E-state index contributed by atoms with van der Waals surface area (Å²) < 4.78 is 43.4. The summed E-state index contributed by atoms with van der Waals surface area (Å²) in [5.74, 6) is -0.0780. The Morgan fingerprint density at radius 2 is 1.93 bits per heavy atom. The number of likely N-dealkylation sites (tertiary alicyclic amines) is 1. The molecular formula is C19H25F3N2O3. The molecule has 2 N–H and O–H groups in total. The highest BCUT2D eigenvalue weighted by Crippen LogP contribution is 2.35. The van der Waals surface area contributed by atoms with Crippen molar-refractivity contribution in [3.05, 3.63) is 35.4 Å². The second-order valence-electron chi connectivity index (χ2n) is 7.24. The summed E-state index contributed by atoms with van der Waals surface area (Å²) in [7, 11) is 0. The molecule has 0 aromatic heterocycles. The van der Waals surface area contributed by atoms with E-state index in [4.69, 9.17) is 4.74 Å². The lowest BCUT2D eigenvalue weighted by Gasteiger charge is -2.38. The van der Waals surface area contributed by atoms with Gasteiger partial charge in [0, 0.05) is 32.8 Å². The molecule has 0 radical (unpaired) electrons. The molecule has 5 nitrogen and oxygen atoms in total. The van der Waals surface area contributed by atoms with Crippen molar-refractivity contribution in [1.29, 1.82) is 0 Å². The number of carbonyl (C=O) groups is 1. The van der Waals surface area contributed by atoms with Crippen LogP contribution in [0.5, 0.6) is 0 Å². The maximum atomic E-state index is 12.7. The van der Waals surface area contributed by atoms with Gasteiger partial charge >= 0.3 is 6.18 Å². The van der Waals surface area contributed by atoms with E-state index in [1.165, 1.54) is 12.1 Å². The Labute approximate surface area is 156 Å². The normalized spacial score (nSPS) is 23.3. The maximum Gasteiger partial charge on any atom is 0.416 e. The average Bonchev–Trinajstić information content (AvgIpc) is 3.18. The van der Waals surface area contributed by atoms with Crippen molar-refractivity contribution in [2.24, 2.45) is 0 Å². The van der Waals surface area contributed by atoms with Crippen LogP contribution in [0.15, 0.2) is 24.3 Å². The summed E-state index contributed by atoms with van der Waals surface area (Å²) in [4.78, 5) is 14.0. The minimum absolute atomic E-state index is 0.0780. The van der Waals surface area contributed by atoms with Gasteiger partial charge in [-0.1, -0.05) is 12.1 Å². The molecule has 150 valence electrons. The van der Waals surface area contributed by atoms with Gasteiger partial charge in [0.15, 0.2) is 0 Å². The molecule has 1 amide bonds. The molecule has 2 aliphatic heterocycles. The number of nitrogens with zero attached hydrogens (tertiary/aromatic N) is 1. The number of ether oxygens (including phenoxy) is 1. The second-order valence-corrected chi connectivity index (χ2v) is 7.24. The van der Waals surface area contributed by atoms with E-state index in [-0.39, 0.29) is 12.0 Å². The minimum Gasteiger partial charge on any atom is -0.385 e. The van der Waals surface area contributed by atoms with E-state index in [0.717, 1.165) is 25.0 Å². The summed E-state index contributed by atoms with van der Waals surface area (Å²) >= 11 is 0. The van der Waals surface area contributed by atoms with Crippen molar-refractivity contribution in [2.75, 3.05) is 32.8 Å². The Morgan fingerprint density at radius 1 is 1.26 bits per heavy atom. The van der Waals surface area contributed by atoms with E-state index in [0.29, 0.717) is 51.2 Å². The number of hydrogen-bond acceptors (Lipinski definition) is 4. The first kappa shape index (κ1) is 20.1. The van der Waals surface area contributed by atoms with E-state index in [1.807, 2.05) is 0 Å². The molecule has 2 heterocycles. The van der Waals surface area contributed by atoms with Crippen LogP contribution < -0.4 is 5.32 Å². The third-order valence-corrected chi connectivity index (χ3v) is 5.38. The van der Waals surface area contributed by atoms with Crippen LogP contribution in [0.25, 0.3) is 0 Å². The number of amides is 1. The SMILES string of the molecule is O=C(NCCN1CCC(O)(c2ccc(C(F)(F)F)cc2)CC1)C1CCCO1. The number of nitrogens with one attached hydrogen (secondary N) is 1. The zero-order chi connectivity index (χ0) is 19.5. The molecule has 2 aliphatic rings. The van der Waals surface area contributed by atoms with Gasteiger partial charge in [-0.05, 0) is 43.4 Å². The third-order valence-electron chi connectivity index (χ3n) is 5.38. The summed E-state index contributed by atoms with van der Waals surface area (Å²) in [6.45, 7) is 3.05. The fraction of sp³-hybridized carbons (Fsp3) is 0.632. The Kier molecular flexibility index (Phi) is 6.08. The molecule has 1 aromatic carbocycles. The standard InChI is InChI=1S/C19H25F3N2O3/c20-19(21,22)15-5-3-14(4-6-15)18(26)7-10-24(11-8-18)12-9-23-17(25)16-2-1-13-27-16/h3-6,16,26H,1-2,7-13H2,(H,23,25). The number of rotatable bonds is 5. The van der Waals surface area contributed by atoms with Crippen LogP contribution in [-0.4, -0.2) is 54.8 Å². The number of halogens is 3. The first-order chi connectivity index (χ1) is 12.8. The summed E-state index contributed by atoms with van der Waals surface area (Å²) in [6.07, 6.45) is -2.16. The zero-order valence-corrected chi connectivity index (χ0v) is 15.1. The van der Waals surface area contributed by atoms with E-state index in [1.54, 1.807) is 0 Å². The van der Waals surface area contributed by atoms with Crippen molar-refractivity contribution in [3.63, 3.8) is 0 Å². The first-order valence-electron chi connectivity index (χ1n) is 9.30. The molecule has 3 rings (SSSR count). The molecule has 27 heavy (non-hydrogen) atoms. The van der Waals surface area contributed by atoms with Gasteiger partial charge in [0.1, 0.15) is 6.10 Å². The predicted molar refractivity (Wildman–Crippen MR) is 93.0 cm³/mol. The largest absolute Gasteiger partial charge is 0.416 e. The van der Waals surface area contributed by atoms with Crippen LogP contribution in [0.3, 0.4) is 0 Å². The third kappa shape index (κ3) is 5.00. The highest BCUT2D eigenvalue weighted by molar-refractivity contribution is 5.80. The highest BCUT2D eigenvalue weighted by atomic mass is 19.4. The van der Waals surface area contributed by atoms with Gasteiger partial charge in [-0.15, -0.1) is 0 Å². The fourth-order valence-electron chi connectivity index (χ4n) is 3.64. The Balaban J connectivity index is 1.45. The van der Waals surface area contributed by atoms with E-state index >= 15 is 0 Å². The molecule has 1 atom stereocenters. The van der Waals surface area contributed by atoms with E-state index in [2.05, 4.69) is 10.2 Å². The minimum atomic E-state index is -4.38. The zero-order valence-electron chi connectivity index (χ0n) is 15.1. The Bertz CT molecular complexity index is 635. The predicted octanol–water partition coefficient (Wildman–Crippen LogP) is 2.28. The average molecular weight is 386 g/mol. The highest BCUT2D eigenvalue weighted by Gasteiger charge is 2.35. The molecule has 2 saturated heterocycles. The van der Waals surface area contributed by atoms with Crippen molar-refractivity contribution in [1.82, 2.24) is 10.2 Å². The number of piperidine rings is 1. The smallest absolute Gasteiger partial charge is 0.385 e. The first-order valence-corrected chi connectivity index (χ1v) is 9.30. The van der Waals surface area contributed by atoms with Gasteiger partial charge in [-0.25, -0.2) is 0 Å². The summed E-state index contributed by atoms with van der Waals surface area (Å²) in [5.41, 5.74) is -1.31. The molecular weight excluding hydrogens is 361 g/mol. The monoisotopic (exact) mass is 386 g/mol. The van der Waals surface area contributed by atoms with Gasteiger partial charge in [-0.3, -0.25) is 4.79 Å². The molecule has 0 spiro atoms. The quantitative estimate of drug-likeness (QED) is 0.815. The van der Waals surface area contributed by atoms with Gasteiger partial charge in [0.25, 0.3) is 0 Å². The molecule has 0 aliphatic carbocycles. The molecule has 1 unspecified atom stereocenters. The molecule has 1 aromatic rings. The lowest BCUT2D eigenvalue weighted by atomic mass is 9.84. The number of benzene rings is 1. The van der Waals surface area contributed by atoms with Crippen LogP contribution in [0, 0.1) is 0 Å². The van der Waals surface area contributed by atoms with Crippen LogP contribution in [-0.2, 0) is 21.3 Å². The van der Waals surface area contributed by atoms with Crippen LogP contribution in [0.1, 0.15) is 36.8 Å². The maximum absolute atomic E-state index is 12.7. The van der Waals surface area contributed by atoms with Gasteiger partial charge in [0.05, 0.1) is 11.2 Å². The lowest BCUT2D eigenvalue weighted by molar-refractivity contribution is -0.137. The van der Waals surface area contributed by atoms with Crippen molar-refractivity contribution >= 4 is 5.91 Å². The molecule has 8 heteroatoms. The van der Waals surface area contributed by atoms with Gasteiger partial charge in [0.2, 0.25) is 5.91 Å². The second kappa shape index (κ2) is 8.16. The number of carbonyl (C=O) groups excluding carboxylic acids is 1. The fourth-order valence-corrected chi connectivity index (χ4v) is 3.64. The Morgan fingerprint density at radius 3 is 2.48 bits per heavy atom. The van der Waals surface area contributed by atoms with Gasteiger partial charge < -0.3 is 20.1 Å². The van der Waals surface area contributed by atoms with Gasteiger partial charge in [-0.2, -0.15) is 13.2 Å². The topological polar surface area (TPSA) is 61.8 Å². The molecule has 0 saturated carbocycles. The van der Waals surface area contributed by atoms with Crippen molar-refractivity contribution in [3.8, 4) is 0 Å². The number of hydrogen-bond donors (Lipinski definition) is 2. The summed E-state index contributed by atoms with van der Waals surface area (Å²) in [5, 5.41) is 13.7. The number of aliphatic hydroxyl groups is 1. The summed E-state index contributed by atoms with van der Waals surface area (Å²) in [6, 6.07) is 4.75. The molecule has 2 fully saturated rings. The lowest BCUT2D eigenvalue weighted by Crippen LogP contribution is -2.46. The van der Waals surface area contributed by atoms with E-state index in [9.17, 15) is 23.1 Å². The number of alkyl halides is 3. The van der Waals surface area contributed by atoms with Crippen molar-refractivity contribution < 1.29 is 27.8 Å². The van der Waals surface area contributed by atoms with Crippen LogP contribution >= 0.6 is 0 Å². The van der Waals surface area contributed by atoms with Crippen LogP contribution in [0.2, 0.25) is 0 Å². The van der Waals surface area contributed by atoms with Crippen molar-refractivity contribution in [2.45, 2.75) is 43.6 Å². The molecule has 0 bridgehead atoms. The van der Waals surface area contributed by atoms with Crippen LogP contribution in [0.4, 0.5) is 13.2 Å².